The first-order chi connectivity index (χ1) is 20.8. The van der Waals surface area contributed by atoms with Gasteiger partial charge in [0.1, 0.15) is 34.1 Å². The average Bonchev–Trinajstić information content (AvgIpc) is 3.59. The molecule has 0 bridgehead atoms. The zero-order chi connectivity index (χ0) is 31.9. The Balaban J connectivity index is 0.00000552. The first-order valence-electron chi connectivity index (χ1n) is 14.8. The molecule has 1 saturated carbocycles. The molecule has 1 saturated heterocycles. The Kier molecular flexibility index (Phi) is 13.3. The van der Waals surface area contributed by atoms with Gasteiger partial charge in [-0.2, -0.15) is 0 Å². The molecular weight excluding hydrogens is 613 g/mol. The smallest absolute Gasteiger partial charge is 0.746 e. The van der Waals surface area contributed by atoms with Gasteiger partial charge >= 0.3 is 35.7 Å². The van der Waals surface area contributed by atoms with Gasteiger partial charge in [0.05, 0.1) is 6.04 Å². The van der Waals surface area contributed by atoms with Gasteiger partial charge in [0, 0.05) is 18.9 Å². The summed E-state index contributed by atoms with van der Waals surface area (Å²) in [5.74, 6) is -1.22. The van der Waals surface area contributed by atoms with Crippen molar-refractivity contribution in [2.45, 2.75) is 82.1 Å². The third kappa shape index (κ3) is 11.3. The first-order valence-corrected chi connectivity index (χ1v) is 16.3. The number of ether oxygens (including phenoxy) is 2. The topological polar surface area (TPSA) is 183 Å². The van der Waals surface area contributed by atoms with Crippen molar-refractivity contribution in [2.75, 3.05) is 6.54 Å². The van der Waals surface area contributed by atoms with Crippen LogP contribution in [-0.4, -0.2) is 65.7 Å². The van der Waals surface area contributed by atoms with Crippen molar-refractivity contribution in [3.8, 4) is 5.75 Å². The number of hydrogen-bond donors (Lipinski definition) is 4. The van der Waals surface area contributed by atoms with E-state index in [1.807, 2.05) is 68.4 Å². The van der Waals surface area contributed by atoms with E-state index >= 15 is 0 Å². The van der Waals surface area contributed by atoms with E-state index in [0.717, 1.165) is 11.1 Å². The van der Waals surface area contributed by atoms with Gasteiger partial charge in [0.25, 0.3) is 0 Å². The van der Waals surface area contributed by atoms with Crippen LogP contribution in [0.3, 0.4) is 0 Å². The number of alkyl carbamates (subject to hydrolysis) is 1. The summed E-state index contributed by atoms with van der Waals surface area (Å²) in [5.41, 5.74) is -1.25. The normalized spacial score (nSPS) is 19.0. The monoisotopic (exact) mass is 653 g/mol. The summed E-state index contributed by atoms with van der Waals surface area (Å²) in [6.07, 6.45) is 1.18. The van der Waals surface area contributed by atoms with Crippen molar-refractivity contribution in [2.24, 2.45) is 11.8 Å². The van der Waals surface area contributed by atoms with Gasteiger partial charge in [0.15, 0.2) is 5.44 Å². The molecule has 4 atom stereocenters. The van der Waals surface area contributed by atoms with Crippen LogP contribution in [0.2, 0.25) is 0 Å². The maximum Gasteiger partial charge on any atom is 1.00 e. The van der Waals surface area contributed by atoms with Crippen molar-refractivity contribution < 1.29 is 71.5 Å². The molecule has 2 fully saturated rings. The number of nitrogens with one attached hydrogen (secondary N) is 3. The largest absolute Gasteiger partial charge is 1.00 e. The van der Waals surface area contributed by atoms with E-state index in [9.17, 15) is 32.5 Å². The molecule has 0 radical (unpaired) electrons. The van der Waals surface area contributed by atoms with Crippen LogP contribution in [0.4, 0.5) is 4.79 Å². The van der Waals surface area contributed by atoms with Gasteiger partial charge in [-0.1, -0.05) is 56.3 Å². The van der Waals surface area contributed by atoms with Crippen LogP contribution in [0.15, 0.2) is 54.6 Å². The number of carbonyl (C=O) groups excluding carboxylic acids is 3. The second-order valence-corrected chi connectivity index (χ2v) is 13.5. The van der Waals surface area contributed by atoms with Gasteiger partial charge in [0.2, 0.25) is 11.8 Å². The Morgan fingerprint density at radius 2 is 1.78 bits per heavy atom. The third-order valence-corrected chi connectivity index (χ3v) is 8.69. The van der Waals surface area contributed by atoms with E-state index in [1.54, 1.807) is 0 Å². The predicted molar refractivity (Wildman–Crippen MR) is 159 cm³/mol. The van der Waals surface area contributed by atoms with E-state index in [2.05, 4.69) is 16.0 Å². The number of aliphatic hydroxyl groups is 1. The summed E-state index contributed by atoms with van der Waals surface area (Å²) in [6.45, 7) is 4.44. The van der Waals surface area contributed by atoms with Crippen LogP contribution < -0.4 is 50.2 Å². The zero-order valence-electron chi connectivity index (χ0n) is 25.9. The van der Waals surface area contributed by atoms with E-state index < -0.39 is 51.2 Å². The van der Waals surface area contributed by atoms with Crippen LogP contribution >= 0.6 is 0 Å². The summed E-state index contributed by atoms with van der Waals surface area (Å²) in [5, 5.41) is 17.8. The molecule has 3 amide bonds. The van der Waals surface area contributed by atoms with Crippen LogP contribution in [0.25, 0.3) is 0 Å². The van der Waals surface area contributed by atoms with E-state index in [0.29, 0.717) is 44.6 Å². The molecule has 1 aliphatic carbocycles. The number of hydrogen-bond acceptors (Lipinski definition) is 9. The number of benzene rings is 2. The molecule has 4 rings (SSSR count). The quantitative estimate of drug-likeness (QED) is 0.144. The Bertz CT molecular complexity index is 1420. The Morgan fingerprint density at radius 3 is 2.38 bits per heavy atom. The summed E-state index contributed by atoms with van der Waals surface area (Å²) in [7, 11) is -5.21. The number of carbonyl (C=O) groups is 3. The van der Waals surface area contributed by atoms with Gasteiger partial charge in [-0.15, -0.1) is 0 Å². The number of amides is 3. The van der Waals surface area contributed by atoms with Crippen molar-refractivity contribution >= 4 is 28.0 Å². The first kappa shape index (κ1) is 36.8. The minimum Gasteiger partial charge on any atom is -0.746 e. The molecule has 12 nitrogen and oxygen atoms in total. The van der Waals surface area contributed by atoms with Gasteiger partial charge in [-0.25, -0.2) is 13.2 Å². The maximum absolute atomic E-state index is 13.3. The molecule has 240 valence electrons. The summed E-state index contributed by atoms with van der Waals surface area (Å²) in [6, 6.07) is 14.6. The Morgan fingerprint density at radius 1 is 1.09 bits per heavy atom. The van der Waals surface area contributed by atoms with E-state index in [-0.39, 0.29) is 54.2 Å². The van der Waals surface area contributed by atoms with Gasteiger partial charge in [-0.3, -0.25) is 9.59 Å². The Labute approximate surface area is 286 Å². The van der Waals surface area contributed by atoms with Crippen LogP contribution in [-0.2, 0) is 37.5 Å². The molecule has 2 aromatic rings. The molecule has 2 aliphatic rings. The second kappa shape index (κ2) is 16.2. The van der Waals surface area contributed by atoms with Crippen LogP contribution in [0, 0.1) is 11.8 Å². The van der Waals surface area contributed by atoms with Crippen LogP contribution in [0.5, 0.6) is 5.75 Å². The maximum atomic E-state index is 13.3. The SMILES string of the molecule is CC(C)C[C@H](NC(=O)OC1(Cc2cccc(OCc3ccccc3)c2)CC1)C(=O)N[C@@H](C[C@@H]1CCNC1=O)C(O)S(=O)(=O)[O-].[Na+]. The predicted octanol–water partition coefficient (Wildman–Crippen LogP) is -0.640. The van der Waals surface area contributed by atoms with Gasteiger partial charge in [-0.05, 0) is 61.3 Å². The van der Waals surface area contributed by atoms with E-state index in [4.69, 9.17) is 9.47 Å². The molecule has 4 N–H and O–H groups in total. The molecule has 14 heteroatoms. The minimum atomic E-state index is -5.21. The van der Waals surface area contributed by atoms with Crippen molar-refractivity contribution in [3.05, 3.63) is 65.7 Å². The molecule has 2 aromatic carbocycles. The molecule has 1 unspecified atom stereocenters. The molecule has 1 heterocycles. The number of aliphatic hydroxyl groups excluding tert-OH is 1. The molecular formula is C31H40N3NaO9S. The minimum absolute atomic E-state index is 0. The third-order valence-electron chi connectivity index (χ3n) is 7.77. The Hall–Kier alpha value is -2.68. The van der Waals surface area contributed by atoms with Crippen molar-refractivity contribution in [1.29, 1.82) is 0 Å². The molecule has 45 heavy (non-hydrogen) atoms. The fourth-order valence-electron chi connectivity index (χ4n) is 5.29. The summed E-state index contributed by atoms with van der Waals surface area (Å²) >= 11 is 0. The fraction of sp³-hybridized carbons (Fsp3) is 0.516. The number of rotatable bonds is 15. The zero-order valence-corrected chi connectivity index (χ0v) is 28.7. The average molecular weight is 654 g/mol. The van der Waals surface area contributed by atoms with Crippen LogP contribution in [0.1, 0.15) is 57.1 Å². The molecule has 0 aromatic heterocycles. The second-order valence-electron chi connectivity index (χ2n) is 12.0. The van der Waals surface area contributed by atoms with E-state index in [1.165, 1.54) is 0 Å². The van der Waals surface area contributed by atoms with Crippen molar-refractivity contribution in [1.82, 2.24) is 16.0 Å². The summed E-state index contributed by atoms with van der Waals surface area (Å²) < 4.78 is 46.6. The summed E-state index contributed by atoms with van der Waals surface area (Å²) in [4.78, 5) is 38.4. The van der Waals surface area contributed by atoms with Crippen molar-refractivity contribution in [3.63, 3.8) is 0 Å². The molecule has 0 spiro atoms. The standard InChI is InChI=1S/C31H41N3O9S.Na/c1-20(2)15-25(28(36)33-26(29(37)44(39,40)41)17-23-11-14-32-27(23)35)34-30(38)43-31(12-13-31)18-22-9-6-10-24(16-22)42-19-21-7-4-3-5-8-21;/h3-10,16,20,23,25-26,29,37H,11-15,17-19H2,1-2H3,(H,32,35)(H,33,36)(H,34,38)(H,39,40,41);/q;+1/p-1/t23-,25-,26-,29?;/m0./s1. The fourth-order valence-corrected chi connectivity index (χ4v) is 5.87. The van der Waals surface area contributed by atoms with Gasteiger partial charge < -0.3 is 35.1 Å². The molecule has 1 aliphatic heterocycles.